The number of amides is 1. The van der Waals surface area contributed by atoms with Gasteiger partial charge in [0, 0.05) is 13.0 Å². The summed E-state index contributed by atoms with van der Waals surface area (Å²) >= 11 is 0. The molecule has 0 unspecified atom stereocenters. The number of nitrogens with one attached hydrogen (secondary N) is 1. The van der Waals surface area contributed by atoms with E-state index in [0.717, 1.165) is 34.6 Å². The summed E-state index contributed by atoms with van der Waals surface area (Å²) < 4.78 is 12.3. The van der Waals surface area contributed by atoms with E-state index in [4.69, 9.17) is 9.47 Å². The van der Waals surface area contributed by atoms with E-state index in [-0.39, 0.29) is 24.5 Å². The van der Waals surface area contributed by atoms with Gasteiger partial charge in [0.15, 0.2) is 0 Å². The van der Waals surface area contributed by atoms with Gasteiger partial charge in [-0.25, -0.2) is 4.98 Å². The van der Waals surface area contributed by atoms with Crippen LogP contribution in [0.5, 0.6) is 5.75 Å². The number of hydrogen-bond donors (Lipinski definition) is 1. The molecule has 0 bridgehead atoms. The Morgan fingerprint density at radius 2 is 1.84 bits per heavy atom. The minimum Gasteiger partial charge on any atom is -0.497 e. The van der Waals surface area contributed by atoms with Crippen molar-refractivity contribution in [3.8, 4) is 5.75 Å². The molecule has 2 aromatic carbocycles. The molecule has 0 atom stereocenters. The molecule has 1 aromatic heterocycles. The molecule has 0 aliphatic heterocycles. The van der Waals surface area contributed by atoms with Crippen LogP contribution in [0.4, 0.5) is 0 Å². The predicted octanol–water partition coefficient (Wildman–Crippen LogP) is 3.29. The molecule has 1 amide bonds. The Kier molecular flexibility index (Phi) is 7.65. The van der Waals surface area contributed by atoms with Crippen LogP contribution in [0.1, 0.15) is 31.7 Å². The van der Waals surface area contributed by atoms with E-state index in [1.54, 1.807) is 7.11 Å². The van der Waals surface area contributed by atoms with E-state index in [1.807, 2.05) is 66.9 Å². The second-order valence-corrected chi connectivity index (χ2v) is 7.62. The normalized spacial score (nSPS) is 11.0. The van der Waals surface area contributed by atoms with E-state index in [9.17, 15) is 9.59 Å². The molecule has 0 spiro atoms. The van der Waals surface area contributed by atoms with Gasteiger partial charge < -0.3 is 19.4 Å². The molecule has 0 aliphatic carbocycles. The van der Waals surface area contributed by atoms with Gasteiger partial charge in [-0.05, 0) is 50.1 Å². The Bertz CT molecular complexity index is 1020. The van der Waals surface area contributed by atoms with Crippen molar-refractivity contribution in [1.82, 2.24) is 14.9 Å². The van der Waals surface area contributed by atoms with Crippen LogP contribution < -0.4 is 10.1 Å². The Morgan fingerprint density at radius 3 is 2.55 bits per heavy atom. The largest absolute Gasteiger partial charge is 0.497 e. The van der Waals surface area contributed by atoms with Crippen LogP contribution in [0.2, 0.25) is 0 Å². The summed E-state index contributed by atoms with van der Waals surface area (Å²) in [6.45, 7) is 4.32. The molecule has 31 heavy (non-hydrogen) atoms. The average Bonchev–Trinajstić information content (AvgIpc) is 3.08. The molecule has 0 saturated carbocycles. The Balaban J connectivity index is 1.55. The number of aromatic nitrogens is 2. The minimum atomic E-state index is -0.285. The van der Waals surface area contributed by atoms with Crippen molar-refractivity contribution in [3.05, 3.63) is 59.9 Å². The smallest absolute Gasteiger partial charge is 0.326 e. The fraction of sp³-hybridized carbons (Fsp3) is 0.375. The minimum absolute atomic E-state index is 0.0285. The molecular formula is C24H29N3O4. The van der Waals surface area contributed by atoms with Crippen molar-refractivity contribution in [2.45, 2.75) is 45.8 Å². The number of hydrogen-bond acceptors (Lipinski definition) is 5. The number of para-hydroxylation sites is 2. The molecule has 7 heteroatoms. The van der Waals surface area contributed by atoms with Crippen molar-refractivity contribution in [2.24, 2.45) is 0 Å². The summed E-state index contributed by atoms with van der Waals surface area (Å²) in [5, 5.41) is 2.95. The molecule has 164 valence electrons. The second kappa shape index (κ2) is 10.6. The third-order valence-corrected chi connectivity index (χ3v) is 4.81. The van der Waals surface area contributed by atoms with Crippen LogP contribution in [0.3, 0.4) is 0 Å². The number of rotatable bonds is 10. The summed E-state index contributed by atoms with van der Waals surface area (Å²) in [5.74, 6) is 1.27. The fourth-order valence-corrected chi connectivity index (χ4v) is 3.39. The third-order valence-electron chi connectivity index (χ3n) is 4.81. The quantitative estimate of drug-likeness (QED) is 0.400. The van der Waals surface area contributed by atoms with Gasteiger partial charge >= 0.3 is 5.97 Å². The lowest BCUT2D eigenvalue weighted by molar-refractivity contribution is -0.148. The Hall–Kier alpha value is -3.35. The maximum Gasteiger partial charge on any atom is 0.326 e. The molecule has 7 nitrogen and oxygen atoms in total. The summed E-state index contributed by atoms with van der Waals surface area (Å²) in [6.07, 6.45) is 1.53. The zero-order valence-electron chi connectivity index (χ0n) is 18.3. The number of benzene rings is 2. The lowest BCUT2D eigenvalue weighted by Gasteiger charge is -2.11. The van der Waals surface area contributed by atoms with Crippen molar-refractivity contribution in [2.75, 3.05) is 13.7 Å². The van der Waals surface area contributed by atoms with E-state index in [2.05, 4.69) is 10.3 Å². The van der Waals surface area contributed by atoms with Gasteiger partial charge in [0.2, 0.25) is 5.91 Å². The highest BCUT2D eigenvalue weighted by Gasteiger charge is 2.15. The molecule has 0 fully saturated rings. The third kappa shape index (κ3) is 6.31. The zero-order chi connectivity index (χ0) is 22.2. The van der Waals surface area contributed by atoms with E-state index in [0.29, 0.717) is 19.4 Å². The number of imidazole rings is 1. The number of aryl methyl sites for hydroxylation is 1. The first-order valence-corrected chi connectivity index (χ1v) is 10.5. The first-order valence-electron chi connectivity index (χ1n) is 10.5. The molecule has 3 rings (SSSR count). The standard InChI is InChI=1S/C24H29N3O4/c1-17(2)31-24(29)16-27-21-8-5-4-7-20(21)26-22(27)9-6-14-25-23(28)15-18-10-12-19(30-3)13-11-18/h4-5,7-8,10-13,17H,6,9,14-16H2,1-3H3,(H,25,28). The number of ether oxygens (including phenoxy) is 2. The Morgan fingerprint density at radius 1 is 1.10 bits per heavy atom. The van der Waals surface area contributed by atoms with Gasteiger partial charge in [0.25, 0.3) is 0 Å². The predicted molar refractivity (Wildman–Crippen MR) is 119 cm³/mol. The number of nitrogens with zero attached hydrogens (tertiary/aromatic N) is 2. The summed E-state index contributed by atoms with van der Waals surface area (Å²) in [6, 6.07) is 15.2. The molecule has 0 aliphatic rings. The van der Waals surface area contributed by atoms with Crippen LogP contribution >= 0.6 is 0 Å². The zero-order valence-corrected chi connectivity index (χ0v) is 18.3. The maximum absolute atomic E-state index is 12.2. The van der Waals surface area contributed by atoms with Gasteiger partial charge in [-0.3, -0.25) is 9.59 Å². The molecule has 1 N–H and O–H groups in total. The average molecular weight is 424 g/mol. The number of methoxy groups -OCH3 is 1. The molecule has 3 aromatic rings. The number of fused-ring (bicyclic) bond motifs is 1. The lowest BCUT2D eigenvalue weighted by Crippen LogP contribution is -2.26. The van der Waals surface area contributed by atoms with Gasteiger partial charge in [-0.15, -0.1) is 0 Å². The van der Waals surface area contributed by atoms with E-state index in [1.165, 1.54) is 0 Å². The second-order valence-electron chi connectivity index (χ2n) is 7.62. The van der Waals surface area contributed by atoms with Crippen LogP contribution in [0.15, 0.2) is 48.5 Å². The highest BCUT2D eigenvalue weighted by atomic mass is 16.5. The highest BCUT2D eigenvalue weighted by Crippen LogP contribution is 2.17. The van der Waals surface area contributed by atoms with E-state index >= 15 is 0 Å². The SMILES string of the molecule is COc1ccc(CC(=O)NCCCc2nc3ccccc3n2CC(=O)OC(C)C)cc1. The van der Waals surface area contributed by atoms with E-state index < -0.39 is 0 Å². The lowest BCUT2D eigenvalue weighted by atomic mass is 10.1. The summed E-state index contributed by atoms with van der Waals surface area (Å²) in [7, 11) is 1.61. The van der Waals surface area contributed by atoms with Crippen LogP contribution in [-0.2, 0) is 33.7 Å². The molecule has 0 radical (unpaired) electrons. The number of esters is 1. The monoisotopic (exact) mass is 423 g/mol. The topological polar surface area (TPSA) is 82.5 Å². The van der Waals surface area contributed by atoms with Gasteiger partial charge in [-0.1, -0.05) is 24.3 Å². The van der Waals surface area contributed by atoms with Crippen molar-refractivity contribution >= 4 is 22.9 Å². The molecule has 1 heterocycles. The Labute approximate surface area is 182 Å². The number of carbonyl (C=O) groups excluding carboxylic acids is 2. The van der Waals surface area contributed by atoms with Crippen LogP contribution in [0, 0.1) is 0 Å². The molecule has 0 saturated heterocycles. The van der Waals surface area contributed by atoms with Crippen molar-refractivity contribution < 1.29 is 19.1 Å². The summed E-state index contributed by atoms with van der Waals surface area (Å²) in [5.41, 5.74) is 2.68. The molecular weight excluding hydrogens is 394 g/mol. The number of carbonyl (C=O) groups is 2. The van der Waals surface area contributed by atoms with Gasteiger partial charge in [-0.2, -0.15) is 0 Å². The van der Waals surface area contributed by atoms with Crippen molar-refractivity contribution in [3.63, 3.8) is 0 Å². The first-order chi connectivity index (χ1) is 15.0. The summed E-state index contributed by atoms with van der Waals surface area (Å²) in [4.78, 5) is 29.1. The van der Waals surface area contributed by atoms with Crippen LogP contribution in [0.25, 0.3) is 11.0 Å². The fourth-order valence-electron chi connectivity index (χ4n) is 3.39. The first kappa shape index (κ1) is 22.3. The maximum atomic E-state index is 12.2. The van der Waals surface area contributed by atoms with Gasteiger partial charge in [0.1, 0.15) is 18.1 Å². The van der Waals surface area contributed by atoms with Crippen LogP contribution in [-0.4, -0.2) is 41.2 Å². The highest BCUT2D eigenvalue weighted by molar-refractivity contribution is 5.79. The van der Waals surface area contributed by atoms with Crippen molar-refractivity contribution in [1.29, 1.82) is 0 Å². The van der Waals surface area contributed by atoms with Gasteiger partial charge in [0.05, 0.1) is 30.7 Å².